The number of hydrogen-bond donors (Lipinski definition) is 0. The van der Waals surface area contributed by atoms with Crippen LogP contribution in [0.3, 0.4) is 0 Å². The van der Waals surface area contributed by atoms with Gasteiger partial charge in [0.15, 0.2) is 5.69 Å². The molecule has 1 aromatic heterocycles. The molecule has 6 nitrogen and oxygen atoms in total. The molecule has 0 saturated carbocycles. The number of amides is 1. The van der Waals surface area contributed by atoms with Gasteiger partial charge in [0.2, 0.25) is 0 Å². The Kier molecular flexibility index (Phi) is 3.45. The summed E-state index contributed by atoms with van der Waals surface area (Å²) < 4.78 is 7.41. The molecule has 4 rings (SSSR count). The van der Waals surface area contributed by atoms with Crippen LogP contribution in [0.4, 0.5) is 0 Å². The quantitative estimate of drug-likeness (QED) is 0.749. The van der Waals surface area contributed by atoms with E-state index in [2.05, 4.69) is 4.98 Å². The Bertz CT molecular complexity index is 863. The number of carbonyl (C=O) groups excluding carboxylic acids is 2. The Hall–Kier alpha value is -2.63. The minimum Gasteiger partial charge on any atom is -0.455 e. The van der Waals surface area contributed by atoms with Gasteiger partial charge in [-0.3, -0.25) is 9.36 Å². The van der Waals surface area contributed by atoms with Crippen LogP contribution in [0.2, 0.25) is 0 Å². The van der Waals surface area contributed by atoms with Crippen LogP contribution in [0, 0.1) is 0 Å². The van der Waals surface area contributed by atoms with Gasteiger partial charge in [-0.05, 0) is 45.7 Å². The molecule has 1 amide bonds. The summed E-state index contributed by atoms with van der Waals surface area (Å²) in [7, 11) is 0. The van der Waals surface area contributed by atoms with Crippen LogP contribution in [-0.2, 0) is 4.74 Å². The third-order valence-corrected chi connectivity index (χ3v) is 4.62. The molecule has 3 heterocycles. The van der Waals surface area contributed by atoms with Gasteiger partial charge in [0.1, 0.15) is 11.9 Å². The molecule has 2 aromatic rings. The molecule has 1 atom stereocenters. The first-order valence-corrected chi connectivity index (χ1v) is 8.58. The van der Waals surface area contributed by atoms with E-state index in [0.29, 0.717) is 17.8 Å². The Morgan fingerprint density at radius 1 is 1.28 bits per heavy atom. The van der Waals surface area contributed by atoms with E-state index in [1.807, 2.05) is 54.5 Å². The Labute approximate surface area is 146 Å². The number of aromatic nitrogens is 2. The maximum absolute atomic E-state index is 13.0. The molecule has 0 N–H and O–H groups in total. The van der Waals surface area contributed by atoms with E-state index in [9.17, 15) is 9.59 Å². The van der Waals surface area contributed by atoms with Crippen LogP contribution < -0.4 is 0 Å². The predicted octanol–water partition coefficient (Wildman–Crippen LogP) is 3.12. The van der Waals surface area contributed by atoms with Gasteiger partial charge in [0.25, 0.3) is 5.91 Å². The fourth-order valence-corrected chi connectivity index (χ4v) is 3.67. The third-order valence-electron chi connectivity index (χ3n) is 4.62. The van der Waals surface area contributed by atoms with E-state index in [0.717, 1.165) is 24.2 Å². The van der Waals surface area contributed by atoms with Gasteiger partial charge in [-0.2, -0.15) is 0 Å². The van der Waals surface area contributed by atoms with Crippen molar-refractivity contribution in [2.75, 3.05) is 6.54 Å². The molecular formula is C19H21N3O3. The van der Waals surface area contributed by atoms with E-state index in [-0.39, 0.29) is 11.9 Å². The monoisotopic (exact) mass is 339 g/mol. The molecular weight excluding hydrogens is 318 g/mol. The first-order chi connectivity index (χ1) is 11.9. The molecule has 0 aliphatic carbocycles. The Balaban J connectivity index is 1.90. The molecule has 1 unspecified atom stereocenters. The highest BCUT2D eigenvalue weighted by Gasteiger charge is 2.40. The lowest BCUT2D eigenvalue weighted by Gasteiger charge is -2.24. The molecule has 130 valence electrons. The molecule has 0 spiro atoms. The maximum atomic E-state index is 13.0. The largest absolute Gasteiger partial charge is 0.455 e. The molecule has 1 saturated heterocycles. The summed E-state index contributed by atoms with van der Waals surface area (Å²) in [5, 5.41) is 0. The second-order valence-corrected chi connectivity index (χ2v) is 7.52. The molecule has 25 heavy (non-hydrogen) atoms. The lowest BCUT2D eigenvalue weighted by molar-refractivity contribution is 0.00596. The fourth-order valence-electron chi connectivity index (χ4n) is 3.67. The molecule has 6 heteroatoms. The van der Waals surface area contributed by atoms with E-state index in [4.69, 9.17) is 4.74 Å². The average molecular weight is 339 g/mol. The van der Waals surface area contributed by atoms with Gasteiger partial charge in [-0.1, -0.05) is 12.1 Å². The van der Waals surface area contributed by atoms with Crippen LogP contribution in [-0.4, -0.2) is 38.5 Å². The van der Waals surface area contributed by atoms with Crippen LogP contribution >= 0.6 is 0 Å². The van der Waals surface area contributed by atoms with Crippen molar-refractivity contribution in [3.05, 3.63) is 47.5 Å². The van der Waals surface area contributed by atoms with Gasteiger partial charge >= 0.3 is 5.97 Å². The number of benzene rings is 1. The van der Waals surface area contributed by atoms with Crippen molar-refractivity contribution < 1.29 is 14.3 Å². The summed E-state index contributed by atoms with van der Waals surface area (Å²) in [6, 6.07) is 7.32. The second-order valence-electron chi connectivity index (χ2n) is 7.52. The third kappa shape index (κ3) is 2.52. The van der Waals surface area contributed by atoms with Crippen molar-refractivity contribution in [1.82, 2.24) is 14.5 Å². The first kappa shape index (κ1) is 15.9. The zero-order valence-corrected chi connectivity index (χ0v) is 14.7. The summed E-state index contributed by atoms with van der Waals surface area (Å²) in [5.41, 5.74) is 1.86. The molecule has 2 aliphatic rings. The summed E-state index contributed by atoms with van der Waals surface area (Å²) in [4.78, 5) is 31.9. The second kappa shape index (κ2) is 5.44. The average Bonchev–Trinajstić information content (AvgIpc) is 3.17. The number of carbonyl (C=O) groups is 2. The molecule has 1 aromatic carbocycles. The van der Waals surface area contributed by atoms with E-state index >= 15 is 0 Å². The smallest absolute Gasteiger partial charge is 0.359 e. The highest BCUT2D eigenvalue weighted by molar-refractivity contribution is 5.99. The molecule has 1 fully saturated rings. The number of esters is 1. The number of ether oxygens (including phenoxy) is 1. The van der Waals surface area contributed by atoms with E-state index < -0.39 is 11.6 Å². The SMILES string of the molecule is CC(C)(C)OC(=O)c1ncn2c1C1CCCN1C(=O)c1ccccc1-2. The van der Waals surface area contributed by atoms with Gasteiger partial charge in [0.05, 0.1) is 23.0 Å². The van der Waals surface area contributed by atoms with E-state index in [1.165, 1.54) is 0 Å². The fraction of sp³-hybridized carbons (Fsp3) is 0.421. The number of rotatable bonds is 1. The van der Waals surface area contributed by atoms with Crippen molar-refractivity contribution in [3.8, 4) is 5.69 Å². The number of nitrogens with zero attached hydrogens (tertiary/aromatic N) is 3. The van der Waals surface area contributed by atoms with Crippen molar-refractivity contribution in [2.45, 2.75) is 45.3 Å². The molecule has 0 radical (unpaired) electrons. The zero-order chi connectivity index (χ0) is 17.8. The van der Waals surface area contributed by atoms with Gasteiger partial charge < -0.3 is 9.64 Å². The Morgan fingerprint density at radius 3 is 2.80 bits per heavy atom. The van der Waals surface area contributed by atoms with Crippen molar-refractivity contribution in [3.63, 3.8) is 0 Å². The van der Waals surface area contributed by atoms with Crippen LogP contribution in [0.15, 0.2) is 30.6 Å². The lowest BCUT2D eigenvalue weighted by Crippen LogP contribution is -2.31. The number of fused-ring (bicyclic) bond motifs is 5. The van der Waals surface area contributed by atoms with Crippen molar-refractivity contribution in [1.29, 1.82) is 0 Å². The lowest BCUT2D eigenvalue weighted by atomic mass is 10.1. The number of imidazole rings is 1. The minimum atomic E-state index is -0.596. The molecule has 0 bridgehead atoms. The maximum Gasteiger partial charge on any atom is 0.359 e. The van der Waals surface area contributed by atoms with E-state index in [1.54, 1.807) is 6.33 Å². The highest BCUT2D eigenvalue weighted by Crippen LogP contribution is 2.39. The predicted molar refractivity (Wildman–Crippen MR) is 91.7 cm³/mol. The summed E-state index contributed by atoms with van der Waals surface area (Å²) in [6.07, 6.45) is 3.36. The normalized spacial score (nSPS) is 19.1. The van der Waals surface area contributed by atoms with Crippen molar-refractivity contribution >= 4 is 11.9 Å². The minimum absolute atomic E-state index is 0.0111. The number of para-hydroxylation sites is 1. The highest BCUT2D eigenvalue weighted by atomic mass is 16.6. The zero-order valence-electron chi connectivity index (χ0n) is 14.7. The van der Waals surface area contributed by atoms with Crippen molar-refractivity contribution in [2.24, 2.45) is 0 Å². The summed E-state index contributed by atoms with van der Waals surface area (Å²) in [6.45, 7) is 6.19. The summed E-state index contributed by atoms with van der Waals surface area (Å²) in [5.74, 6) is -0.433. The van der Waals surface area contributed by atoms with Crippen LogP contribution in [0.25, 0.3) is 5.69 Å². The number of hydrogen-bond acceptors (Lipinski definition) is 4. The molecule has 2 aliphatic heterocycles. The topological polar surface area (TPSA) is 64.4 Å². The van der Waals surface area contributed by atoms with Crippen LogP contribution in [0.5, 0.6) is 0 Å². The van der Waals surface area contributed by atoms with Gasteiger partial charge in [-0.25, -0.2) is 9.78 Å². The van der Waals surface area contributed by atoms with Gasteiger partial charge in [0, 0.05) is 6.54 Å². The Morgan fingerprint density at radius 2 is 2.04 bits per heavy atom. The standard InChI is InChI=1S/C19H21N3O3/c1-19(2,3)25-18(24)15-16-14-9-6-10-21(14)17(23)12-7-4-5-8-13(12)22(16)11-20-15/h4-5,7-8,11,14H,6,9-10H2,1-3H3. The summed E-state index contributed by atoms with van der Waals surface area (Å²) >= 11 is 0. The first-order valence-electron chi connectivity index (χ1n) is 8.58. The van der Waals surface area contributed by atoms with Gasteiger partial charge in [-0.15, -0.1) is 0 Å². The van der Waals surface area contributed by atoms with Crippen LogP contribution in [0.1, 0.15) is 66.2 Å².